The maximum Gasteiger partial charge on any atom is 0.0600 e. The first-order chi connectivity index (χ1) is 9.73. The molecule has 1 saturated carbocycles. The predicted molar refractivity (Wildman–Crippen MR) is 86.1 cm³/mol. The van der Waals surface area contributed by atoms with E-state index in [9.17, 15) is 0 Å². The van der Waals surface area contributed by atoms with Gasteiger partial charge in [-0.05, 0) is 37.5 Å². The van der Waals surface area contributed by atoms with Crippen LogP contribution in [0.4, 0.5) is 0 Å². The molecule has 0 saturated heterocycles. The zero-order valence-corrected chi connectivity index (χ0v) is 14.2. The van der Waals surface area contributed by atoms with Crippen molar-refractivity contribution in [3.8, 4) is 0 Å². The Balaban J connectivity index is 2.24. The number of ether oxygens (including phenoxy) is 2. The Bertz CT molecular complexity index is 199. The van der Waals surface area contributed by atoms with Crippen LogP contribution in [-0.4, -0.2) is 25.4 Å². The van der Waals surface area contributed by atoms with Gasteiger partial charge >= 0.3 is 0 Å². The van der Waals surface area contributed by atoms with Crippen molar-refractivity contribution in [2.24, 2.45) is 11.8 Å². The van der Waals surface area contributed by atoms with Crippen molar-refractivity contribution in [3.63, 3.8) is 0 Å². The largest absolute Gasteiger partial charge is 0.378 e. The first kappa shape index (κ1) is 18.0. The molecule has 20 heavy (non-hydrogen) atoms. The summed E-state index contributed by atoms with van der Waals surface area (Å²) in [5.41, 5.74) is 0. The SMILES string of the molecule is CCC(CC)COC1CCCC(OCC(CC)CC)C1. The van der Waals surface area contributed by atoms with Crippen molar-refractivity contribution >= 4 is 0 Å². The second-order valence-corrected chi connectivity index (χ2v) is 6.44. The van der Waals surface area contributed by atoms with Crippen LogP contribution in [0.25, 0.3) is 0 Å². The lowest BCUT2D eigenvalue weighted by atomic mass is 9.94. The van der Waals surface area contributed by atoms with Crippen molar-refractivity contribution in [1.82, 2.24) is 0 Å². The van der Waals surface area contributed by atoms with E-state index in [2.05, 4.69) is 27.7 Å². The quantitative estimate of drug-likeness (QED) is 0.548. The van der Waals surface area contributed by atoms with Crippen molar-refractivity contribution in [2.45, 2.75) is 91.3 Å². The third-order valence-corrected chi connectivity index (χ3v) is 5.02. The van der Waals surface area contributed by atoms with Crippen LogP contribution in [0, 0.1) is 11.8 Å². The monoisotopic (exact) mass is 284 g/mol. The van der Waals surface area contributed by atoms with Gasteiger partial charge in [0, 0.05) is 13.2 Å². The molecule has 0 heterocycles. The predicted octanol–water partition coefficient (Wildman–Crippen LogP) is 5.20. The highest BCUT2D eigenvalue weighted by atomic mass is 16.5. The molecule has 1 aliphatic rings. The Kier molecular flexibility index (Phi) is 9.54. The molecule has 0 aliphatic heterocycles. The average molecular weight is 284 g/mol. The van der Waals surface area contributed by atoms with E-state index in [0.29, 0.717) is 12.2 Å². The molecule has 2 nitrogen and oxygen atoms in total. The fraction of sp³-hybridized carbons (Fsp3) is 1.00. The molecule has 0 aromatic rings. The van der Waals surface area contributed by atoms with Crippen LogP contribution in [0.2, 0.25) is 0 Å². The van der Waals surface area contributed by atoms with E-state index >= 15 is 0 Å². The maximum atomic E-state index is 6.14. The van der Waals surface area contributed by atoms with Gasteiger partial charge in [0.05, 0.1) is 12.2 Å². The van der Waals surface area contributed by atoms with E-state index in [1.54, 1.807) is 0 Å². The normalized spacial score (nSPS) is 23.7. The molecular weight excluding hydrogens is 248 g/mol. The fourth-order valence-electron chi connectivity index (χ4n) is 3.00. The van der Waals surface area contributed by atoms with Crippen LogP contribution in [0.15, 0.2) is 0 Å². The molecule has 0 amide bonds. The fourth-order valence-corrected chi connectivity index (χ4v) is 3.00. The molecule has 2 atom stereocenters. The van der Waals surface area contributed by atoms with Crippen LogP contribution in [0.5, 0.6) is 0 Å². The second kappa shape index (κ2) is 10.6. The van der Waals surface area contributed by atoms with Crippen molar-refractivity contribution in [3.05, 3.63) is 0 Å². The molecule has 1 fully saturated rings. The Labute approximate surface area is 126 Å². The van der Waals surface area contributed by atoms with Crippen LogP contribution < -0.4 is 0 Å². The molecule has 0 bridgehead atoms. The topological polar surface area (TPSA) is 18.5 Å². The molecule has 0 aromatic carbocycles. The summed E-state index contributed by atoms with van der Waals surface area (Å²) in [4.78, 5) is 0. The van der Waals surface area contributed by atoms with Gasteiger partial charge in [0.1, 0.15) is 0 Å². The van der Waals surface area contributed by atoms with Gasteiger partial charge in [0.15, 0.2) is 0 Å². The minimum absolute atomic E-state index is 0.441. The number of rotatable bonds is 10. The minimum atomic E-state index is 0.441. The highest BCUT2D eigenvalue weighted by Gasteiger charge is 2.24. The summed E-state index contributed by atoms with van der Waals surface area (Å²) in [5.74, 6) is 1.47. The molecule has 1 aliphatic carbocycles. The Morgan fingerprint density at radius 2 is 1.15 bits per heavy atom. The second-order valence-electron chi connectivity index (χ2n) is 6.44. The van der Waals surface area contributed by atoms with E-state index in [1.165, 1.54) is 44.9 Å². The van der Waals surface area contributed by atoms with Crippen LogP contribution in [0.1, 0.15) is 79.1 Å². The van der Waals surface area contributed by atoms with Gasteiger partial charge in [-0.3, -0.25) is 0 Å². The van der Waals surface area contributed by atoms with Crippen molar-refractivity contribution in [1.29, 1.82) is 0 Å². The summed E-state index contributed by atoms with van der Waals surface area (Å²) in [6, 6.07) is 0. The summed E-state index contributed by atoms with van der Waals surface area (Å²) in [5, 5.41) is 0. The smallest absolute Gasteiger partial charge is 0.0600 e. The molecule has 0 N–H and O–H groups in total. The highest BCUT2D eigenvalue weighted by Crippen LogP contribution is 2.25. The van der Waals surface area contributed by atoms with Gasteiger partial charge in [0.25, 0.3) is 0 Å². The third-order valence-electron chi connectivity index (χ3n) is 5.02. The average Bonchev–Trinajstić information content (AvgIpc) is 2.50. The van der Waals surface area contributed by atoms with E-state index in [0.717, 1.165) is 31.5 Å². The van der Waals surface area contributed by atoms with E-state index in [4.69, 9.17) is 9.47 Å². The standard InChI is InChI=1S/C18H36O2/c1-5-15(6-2)13-19-17-10-9-11-18(12-17)20-14-16(7-3)8-4/h15-18H,5-14H2,1-4H3. The zero-order valence-electron chi connectivity index (χ0n) is 14.2. The summed E-state index contributed by atoms with van der Waals surface area (Å²) in [6.45, 7) is 10.9. The lowest BCUT2D eigenvalue weighted by molar-refractivity contribution is -0.0607. The first-order valence-electron chi connectivity index (χ1n) is 8.96. The minimum Gasteiger partial charge on any atom is -0.378 e. The molecule has 2 unspecified atom stereocenters. The van der Waals surface area contributed by atoms with Crippen molar-refractivity contribution < 1.29 is 9.47 Å². The number of hydrogen-bond acceptors (Lipinski definition) is 2. The van der Waals surface area contributed by atoms with E-state index in [1.807, 2.05) is 0 Å². The molecule has 2 heteroatoms. The van der Waals surface area contributed by atoms with Gasteiger partial charge in [-0.15, -0.1) is 0 Å². The zero-order chi connectivity index (χ0) is 14.8. The van der Waals surface area contributed by atoms with Crippen LogP contribution in [0.3, 0.4) is 0 Å². The molecule has 0 radical (unpaired) electrons. The Hall–Kier alpha value is -0.0800. The van der Waals surface area contributed by atoms with E-state index < -0.39 is 0 Å². The lowest BCUT2D eigenvalue weighted by Gasteiger charge is -2.31. The van der Waals surface area contributed by atoms with Gasteiger partial charge in [-0.1, -0.05) is 53.4 Å². The van der Waals surface area contributed by atoms with Crippen molar-refractivity contribution in [2.75, 3.05) is 13.2 Å². The van der Waals surface area contributed by atoms with Crippen LogP contribution in [-0.2, 0) is 9.47 Å². The first-order valence-corrected chi connectivity index (χ1v) is 8.96. The third kappa shape index (κ3) is 6.58. The lowest BCUT2D eigenvalue weighted by Crippen LogP contribution is -2.30. The molecule has 1 rings (SSSR count). The molecule has 120 valence electrons. The van der Waals surface area contributed by atoms with Gasteiger partial charge in [-0.2, -0.15) is 0 Å². The highest BCUT2D eigenvalue weighted by molar-refractivity contribution is 4.74. The summed E-state index contributed by atoms with van der Waals surface area (Å²) >= 11 is 0. The number of hydrogen-bond donors (Lipinski definition) is 0. The summed E-state index contributed by atoms with van der Waals surface area (Å²) < 4.78 is 12.3. The molecular formula is C18H36O2. The van der Waals surface area contributed by atoms with E-state index in [-0.39, 0.29) is 0 Å². The Morgan fingerprint density at radius 3 is 1.50 bits per heavy atom. The van der Waals surface area contributed by atoms with Gasteiger partial charge in [-0.25, -0.2) is 0 Å². The van der Waals surface area contributed by atoms with Crippen LogP contribution >= 0.6 is 0 Å². The van der Waals surface area contributed by atoms with Gasteiger partial charge in [0.2, 0.25) is 0 Å². The molecule has 0 spiro atoms. The Morgan fingerprint density at radius 1 is 0.750 bits per heavy atom. The maximum absolute atomic E-state index is 6.14. The summed E-state index contributed by atoms with van der Waals surface area (Å²) in [7, 11) is 0. The summed E-state index contributed by atoms with van der Waals surface area (Å²) in [6.07, 6.45) is 10.6. The van der Waals surface area contributed by atoms with Gasteiger partial charge < -0.3 is 9.47 Å². The molecule has 0 aromatic heterocycles.